The van der Waals surface area contributed by atoms with Crippen molar-refractivity contribution in [2.75, 3.05) is 5.32 Å². The average Bonchev–Trinajstić information content (AvgIpc) is 2.28. The Balaban J connectivity index is 2.05. The Hall–Kier alpha value is -1.23. The number of hydrogen-bond acceptors (Lipinski definition) is 4. The van der Waals surface area contributed by atoms with Gasteiger partial charge in [0.25, 0.3) is 0 Å². The summed E-state index contributed by atoms with van der Waals surface area (Å²) >= 11 is 4.92. The van der Waals surface area contributed by atoms with Gasteiger partial charge in [-0.3, -0.25) is 0 Å². The van der Waals surface area contributed by atoms with Crippen LogP contribution in [-0.4, -0.2) is 21.0 Å². The van der Waals surface area contributed by atoms with Crippen molar-refractivity contribution in [1.82, 2.24) is 9.97 Å². The van der Waals surface area contributed by atoms with Crippen molar-refractivity contribution >= 4 is 23.2 Å². The van der Waals surface area contributed by atoms with E-state index >= 15 is 0 Å². The standard InChI is InChI=1S/C13H20N4S/c1-13(2)6-3-4-9(8-13)16-12-15-7-5-10(17-12)11(14)18/h5,7,9H,3-4,6,8H2,1-2H3,(H2,14,18)(H,15,16,17). The molecule has 1 aromatic rings. The second kappa shape index (κ2) is 5.18. The number of thiocarbonyl (C=S) groups is 1. The lowest BCUT2D eigenvalue weighted by molar-refractivity contribution is 0.229. The van der Waals surface area contributed by atoms with Crippen molar-refractivity contribution in [2.24, 2.45) is 11.1 Å². The first-order valence-electron chi connectivity index (χ1n) is 6.36. The second-order valence-electron chi connectivity index (χ2n) is 5.73. The molecule has 1 aromatic heterocycles. The molecule has 1 atom stereocenters. The molecule has 2 rings (SSSR count). The van der Waals surface area contributed by atoms with E-state index in [2.05, 4.69) is 29.1 Å². The summed E-state index contributed by atoms with van der Waals surface area (Å²) in [7, 11) is 0. The van der Waals surface area contributed by atoms with E-state index in [-0.39, 0.29) is 0 Å². The Kier molecular flexibility index (Phi) is 3.80. The van der Waals surface area contributed by atoms with Gasteiger partial charge in [0, 0.05) is 12.2 Å². The molecule has 0 amide bonds. The summed E-state index contributed by atoms with van der Waals surface area (Å²) in [6.07, 6.45) is 6.55. The van der Waals surface area contributed by atoms with Crippen molar-refractivity contribution in [1.29, 1.82) is 0 Å². The smallest absolute Gasteiger partial charge is 0.223 e. The molecule has 0 aromatic carbocycles. The maximum absolute atomic E-state index is 5.57. The molecule has 1 unspecified atom stereocenters. The van der Waals surface area contributed by atoms with Gasteiger partial charge in [-0.15, -0.1) is 0 Å². The van der Waals surface area contributed by atoms with E-state index in [1.165, 1.54) is 19.3 Å². The molecule has 5 heteroatoms. The second-order valence-corrected chi connectivity index (χ2v) is 6.17. The van der Waals surface area contributed by atoms with Crippen molar-refractivity contribution < 1.29 is 0 Å². The number of nitrogens with two attached hydrogens (primary N) is 1. The van der Waals surface area contributed by atoms with E-state index in [0.717, 1.165) is 6.42 Å². The van der Waals surface area contributed by atoms with Crippen LogP contribution in [0.2, 0.25) is 0 Å². The molecule has 1 fully saturated rings. The predicted octanol–water partition coefficient (Wildman–Crippen LogP) is 2.49. The number of anilines is 1. The summed E-state index contributed by atoms with van der Waals surface area (Å²) in [5.74, 6) is 0.628. The molecular weight excluding hydrogens is 244 g/mol. The molecule has 98 valence electrons. The van der Waals surface area contributed by atoms with Crippen molar-refractivity contribution in [2.45, 2.75) is 45.6 Å². The van der Waals surface area contributed by atoms with Gasteiger partial charge in [-0.25, -0.2) is 9.97 Å². The maximum atomic E-state index is 5.57. The number of nitrogens with zero attached hydrogens (tertiary/aromatic N) is 2. The fraction of sp³-hybridized carbons (Fsp3) is 0.615. The number of aromatic nitrogens is 2. The van der Waals surface area contributed by atoms with Gasteiger partial charge in [0.2, 0.25) is 5.95 Å². The Morgan fingerprint density at radius 2 is 2.33 bits per heavy atom. The van der Waals surface area contributed by atoms with Crippen LogP contribution in [0.25, 0.3) is 0 Å². The minimum atomic E-state index is 0.310. The molecular formula is C13H20N4S. The Bertz CT molecular complexity index is 444. The molecule has 1 heterocycles. The van der Waals surface area contributed by atoms with E-state index in [4.69, 9.17) is 18.0 Å². The first-order valence-corrected chi connectivity index (χ1v) is 6.76. The Labute approximate surface area is 113 Å². The summed E-state index contributed by atoms with van der Waals surface area (Å²) < 4.78 is 0. The molecule has 0 spiro atoms. The Morgan fingerprint density at radius 3 is 3.00 bits per heavy atom. The van der Waals surface area contributed by atoms with E-state index < -0.39 is 0 Å². The highest BCUT2D eigenvalue weighted by molar-refractivity contribution is 7.80. The SMILES string of the molecule is CC1(C)CCCC(Nc2nccc(C(N)=S)n2)C1. The summed E-state index contributed by atoms with van der Waals surface area (Å²) in [4.78, 5) is 8.86. The summed E-state index contributed by atoms with van der Waals surface area (Å²) in [6.45, 7) is 4.63. The molecule has 0 saturated heterocycles. The number of nitrogens with one attached hydrogen (secondary N) is 1. The topological polar surface area (TPSA) is 63.8 Å². The van der Waals surface area contributed by atoms with Gasteiger partial charge < -0.3 is 11.1 Å². The van der Waals surface area contributed by atoms with Crippen LogP contribution in [0, 0.1) is 5.41 Å². The maximum Gasteiger partial charge on any atom is 0.223 e. The van der Waals surface area contributed by atoms with Gasteiger partial charge in [0.1, 0.15) is 10.7 Å². The molecule has 1 aliphatic rings. The molecule has 4 nitrogen and oxygen atoms in total. The third-order valence-electron chi connectivity index (χ3n) is 3.45. The van der Waals surface area contributed by atoms with Gasteiger partial charge >= 0.3 is 0 Å². The lowest BCUT2D eigenvalue weighted by Crippen LogP contribution is -2.32. The van der Waals surface area contributed by atoms with Crippen LogP contribution in [0.5, 0.6) is 0 Å². The van der Waals surface area contributed by atoms with Crippen LogP contribution in [-0.2, 0) is 0 Å². The normalized spacial score (nSPS) is 22.4. The first kappa shape index (κ1) is 13.2. The Morgan fingerprint density at radius 1 is 1.56 bits per heavy atom. The van der Waals surface area contributed by atoms with E-state index in [0.29, 0.717) is 28.1 Å². The number of hydrogen-bond donors (Lipinski definition) is 2. The molecule has 18 heavy (non-hydrogen) atoms. The minimum Gasteiger partial charge on any atom is -0.388 e. The van der Waals surface area contributed by atoms with Crippen LogP contribution >= 0.6 is 12.2 Å². The zero-order valence-electron chi connectivity index (χ0n) is 10.9. The van der Waals surface area contributed by atoms with Crippen LogP contribution in [0.15, 0.2) is 12.3 Å². The lowest BCUT2D eigenvalue weighted by atomic mass is 9.75. The van der Waals surface area contributed by atoms with Gasteiger partial charge in [-0.2, -0.15) is 0 Å². The fourth-order valence-electron chi connectivity index (χ4n) is 2.57. The summed E-state index contributed by atoms with van der Waals surface area (Å²) in [5, 5.41) is 3.39. The largest absolute Gasteiger partial charge is 0.388 e. The van der Waals surface area contributed by atoms with Gasteiger partial charge in [-0.1, -0.05) is 32.5 Å². The lowest BCUT2D eigenvalue weighted by Gasteiger charge is -2.35. The van der Waals surface area contributed by atoms with Crippen LogP contribution in [0.3, 0.4) is 0 Å². The van der Waals surface area contributed by atoms with E-state index in [9.17, 15) is 0 Å². The van der Waals surface area contributed by atoms with Crippen molar-refractivity contribution in [3.8, 4) is 0 Å². The molecule has 1 aliphatic carbocycles. The molecule has 0 radical (unpaired) electrons. The van der Waals surface area contributed by atoms with Crippen LogP contribution < -0.4 is 11.1 Å². The van der Waals surface area contributed by atoms with E-state index in [1.807, 2.05) is 0 Å². The van der Waals surface area contributed by atoms with Gasteiger partial charge in [-0.05, 0) is 30.7 Å². The monoisotopic (exact) mass is 264 g/mol. The minimum absolute atomic E-state index is 0.310. The highest BCUT2D eigenvalue weighted by atomic mass is 32.1. The molecule has 1 saturated carbocycles. The third kappa shape index (κ3) is 3.38. The zero-order valence-corrected chi connectivity index (χ0v) is 11.8. The molecule has 0 bridgehead atoms. The summed E-state index contributed by atoms with van der Waals surface area (Å²) in [5.41, 5.74) is 6.59. The van der Waals surface area contributed by atoms with Crippen molar-refractivity contribution in [3.05, 3.63) is 18.0 Å². The van der Waals surface area contributed by atoms with Crippen LogP contribution in [0.1, 0.15) is 45.2 Å². The molecule has 3 N–H and O–H groups in total. The van der Waals surface area contributed by atoms with Gasteiger partial charge in [0.15, 0.2) is 0 Å². The molecule has 0 aliphatic heterocycles. The zero-order chi connectivity index (χ0) is 13.2. The third-order valence-corrected chi connectivity index (χ3v) is 3.66. The van der Waals surface area contributed by atoms with E-state index in [1.54, 1.807) is 12.3 Å². The first-order chi connectivity index (χ1) is 8.46. The fourth-order valence-corrected chi connectivity index (χ4v) is 2.68. The van der Waals surface area contributed by atoms with Gasteiger partial charge in [0.05, 0.1) is 0 Å². The average molecular weight is 264 g/mol. The summed E-state index contributed by atoms with van der Waals surface area (Å²) in [6, 6.07) is 2.17. The highest BCUT2D eigenvalue weighted by Gasteiger charge is 2.28. The highest BCUT2D eigenvalue weighted by Crippen LogP contribution is 2.35. The van der Waals surface area contributed by atoms with Crippen molar-refractivity contribution in [3.63, 3.8) is 0 Å². The number of rotatable bonds is 3. The van der Waals surface area contributed by atoms with Crippen LogP contribution in [0.4, 0.5) is 5.95 Å². The quantitative estimate of drug-likeness (QED) is 0.821. The predicted molar refractivity (Wildman–Crippen MR) is 77.6 cm³/mol.